The van der Waals surface area contributed by atoms with Crippen LogP contribution in [0.1, 0.15) is 11.1 Å². The second kappa shape index (κ2) is 4.71. The maximum atomic E-state index is 6.88. The Bertz CT molecular complexity index is 544. The van der Waals surface area contributed by atoms with E-state index in [1.54, 1.807) is 12.1 Å². The van der Waals surface area contributed by atoms with Crippen LogP contribution in [0.3, 0.4) is 0 Å². The minimum Gasteiger partial charge on any atom is -0.457 e. The van der Waals surface area contributed by atoms with Gasteiger partial charge < -0.3 is 4.74 Å². The van der Waals surface area contributed by atoms with Gasteiger partial charge in [-0.15, -0.1) is 0 Å². The summed E-state index contributed by atoms with van der Waals surface area (Å²) in [6.07, 6.45) is 0. The highest BCUT2D eigenvalue weighted by molar-refractivity contribution is 5.48. The van der Waals surface area contributed by atoms with Gasteiger partial charge in [0.05, 0.1) is 6.57 Å². The summed E-state index contributed by atoms with van der Waals surface area (Å²) in [5.41, 5.74) is 2.98. The molecule has 0 aliphatic carbocycles. The van der Waals surface area contributed by atoms with Crippen LogP contribution in [0.15, 0.2) is 42.5 Å². The van der Waals surface area contributed by atoms with Crippen LogP contribution in [0.25, 0.3) is 4.85 Å². The van der Waals surface area contributed by atoms with E-state index < -0.39 is 0 Å². The van der Waals surface area contributed by atoms with Crippen LogP contribution >= 0.6 is 0 Å². The largest absolute Gasteiger partial charge is 0.457 e. The lowest BCUT2D eigenvalue weighted by atomic mass is 10.1. The number of ether oxygens (including phenoxy) is 1. The van der Waals surface area contributed by atoms with Gasteiger partial charge in [0, 0.05) is 0 Å². The molecular formula is C15H13NO. The monoisotopic (exact) mass is 223 g/mol. The summed E-state index contributed by atoms with van der Waals surface area (Å²) in [6.45, 7) is 11.0. The predicted octanol–water partition coefficient (Wildman–Crippen LogP) is 4.65. The van der Waals surface area contributed by atoms with Crippen molar-refractivity contribution >= 4 is 5.69 Å². The SMILES string of the molecule is [C-]#[N+]c1ccc(Oc2cc(C)cc(C)c2)cc1. The van der Waals surface area contributed by atoms with Crippen molar-refractivity contribution in [2.24, 2.45) is 0 Å². The van der Waals surface area contributed by atoms with E-state index in [1.165, 1.54) is 11.1 Å². The van der Waals surface area contributed by atoms with E-state index in [4.69, 9.17) is 11.3 Å². The smallest absolute Gasteiger partial charge is 0.187 e. The lowest BCUT2D eigenvalue weighted by Crippen LogP contribution is -1.86. The van der Waals surface area contributed by atoms with Crippen molar-refractivity contribution < 1.29 is 4.74 Å². The van der Waals surface area contributed by atoms with E-state index in [2.05, 4.69) is 10.9 Å². The van der Waals surface area contributed by atoms with E-state index in [0.29, 0.717) is 5.69 Å². The van der Waals surface area contributed by atoms with Crippen LogP contribution < -0.4 is 4.74 Å². The third-order valence-corrected chi connectivity index (χ3v) is 2.40. The average Bonchev–Trinajstić information content (AvgIpc) is 2.28. The molecule has 2 aromatic carbocycles. The lowest BCUT2D eigenvalue weighted by molar-refractivity contribution is 0.482. The van der Waals surface area contributed by atoms with Crippen molar-refractivity contribution in [2.45, 2.75) is 13.8 Å². The molecule has 0 fully saturated rings. The normalized spacial score (nSPS) is 9.71. The van der Waals surface area contributed by atoms with Crippen LogP contribution in [-0.2, 0) is 0 Å². The first kappa shape index (κ1) is 11.2. The molecule has 0 aliphatic rings. The molecule has 0 bridgehead atoms. The highest BCUT2D eigenvalue weighted by Crippen LogP contribution is 2.25. The quantitative estimate of drug-likeness (QED) is 0.676. The maximum absolute atomic E-state index is 6.88. The maximum Gasteiger partial charge on any atom is 0.187 e. The summed E-state index contributed by atoms with van der Waals surface area (Å²) in [7, 11) is 0. The van der Waals surface area contributed by atoms with Gasteiger partial charge in [-0.3, -0.25) is 0 Å². The number of rotatable bonds is 2. The summed E-state index contributed by atoms with van der Waals surface area (Å²) in [5.74, 6) is 1.58. The molecule has 2 aromatic rings. The Balaban J connectivity index is 2.22. The molecular weight excluding hydrogens is 210 g/mol. The average molecular weight is 223 g/mol. The Labute approximate surface area is 101 Å². The number of aryl methyl sites for hydroxylation is 2. The molecule has 0 spiro atoms. The minimum atomic E-state index is 0.623. The Kier molecular flexibility index (Phi) is 3.11. The molecule has 0 heterocycles. The van der Waals surface area contributed by atoms with Crippen LogP contribution in [0, 0.1) is 20.4 Å². The fourth-order valence-electron chi connectivity index (χ4n) is 1.72. The molecule has 17 heavy (non-hydrogen) atoms. The highest BCUT2D eigenvalue weighted by atomic mass is 16.5. The molecule has 2 rings (SSSR count). The summed E-state index contributed by atoms with van der Waals surface area (Å²) < 4.78 is 5.74. The second-order valence-corrected chi connectivity index (χ2v) is 4.03. The van der Waals surface area contributed by atoms with Crippen LogP contribution in [0.2, 0.25) is 0 Å². The third kappa shape index (κ3) is 2.85. The molecule has 84 valence electrons. The fraction of sp³-hybridized carbons (Fsp3) is 0.133. The van der Waals surface area contributed by atoms with Crippen molar-refractivity contribution in [1.82, 2.24) is 0 Å². The van der Waals surface area contributed by atoms with Gasteiger partial charge in [0.25, 0.3) is 0 Å². The summed E-state index contributed by atoms with van der Waals surface area (Å²) >= 11 is 0. The summed E-state index contributed by atoms with van der Waals surface area (Å²) in [5, 5.41) is 0. The molecule has 2 nitrogen and oxygen atoms in total. The van der Waals surface area contributed by atoms with Gasteiger partial charge in [0.2, 0.25) is 0 Å². The zero-order chi connectivity index (χ0) is 12.3. The second-order valence-electron chi connectivity index (χ2n) is 4.03. The van der Waals surface area contributed by atoms with E-state index in [0.717, 1.165) is 11.5 Å². The van der Waals surface area contributed by atoms with Crippen molar-refractivity contribution in [2.75, 3.05) is 0 Å². The molecule has 2 heteroatoms. The number of hydrogen-bond acceptors (Lipinski definition) is 1. The first-order valence-corrected chi connectivity index (χ1v) is 5.41. The molecule has 0 unspecified atom stereocenters. The molecule has 0 aromatic heterocycles. The van der Waals surface area contributed by atoms with E-state index in [9.17, 15) is 0 Å². The Morgan fingerprint density at radius 1 is 0.882 bits per heavy atom. The van der Waals surface area contributed by atoms with Crippen molar-refractivity contribution in [3.8, 4) is 11.5 Å². The van der Waals surface area contributed by atoms with Gasteiger partial charge in [-0.25, -0.2) is 4.85 Å². The van der Waals surface area contributed by atoms with Gasteiger partial charge in [-0.05, 0) is 49.2 Å². The number of benzene rings is 2. The number of nitrogens with zero attached hydrogens (tertiary/aromatic N) is 1. The molecule has 0 saturated heterocycles. The first-order valence-electron chi connectivity index (χ1n) is 5.41. The molecule has 0 amide bonds. The van der Waals surface area contributed by atoms with E-state index in [1.807, 2.05) is 38.1 Å². The van der Waals surface area contributed by atoms with Crippen LogP contribution in [0.5, 0.6) is 11.5 Å². The molecule has 0 aliphatic heterocycles. The zero-order valence-corrected chi connectivity index (χ0v) is 9.90. The van der Waals surface area contributed by atoms with Crippen molar-refractivity contribution in [3.63, 3.8) is 0 Å². The van der Waals surface area contributed by atoms with Crippen LogP contribution in [-0.4, -0.2) is 0 Å². The van der Waals surface area contributed by atoms with Gasteiger partial charge in [-0.1, -0.05) is 18.2 Å². The van der Waals surface area contributed by atoms with Gasteiger partial charge in [-0.2, -0.15) is 0 Å². The van der Waals surface area contributed by atoms with Crippen molar-refractivity contribution in [1.29, 1.82) is 0 Å². The Morgan fingerprint density at radius 2 is 1.47 bits per heavy atom. The zero-order valence-electron chi connectivity index (χ0n) is 9.90. The van der Waals surface area contributed by atoms with Gasteiger partial charge in [0.15, 0.2) is 5.69 Å². The third-order valence-electron chi connectivity index (χ3n) is 2.40. The van der Waals surface area contributed by atoms with Gasteiger partial charge >= 0.3 is 0 Å². The Morgan fingerprint density at radius 3 is 2.00 bits per heavy atom. The predicted molar refractivity (Wildman–Crippen MR) is 68.7 cm³/mol. The molecule has 0 atom stereocenters. The van der Waals surface area contributed by atoms with Crippen LogP contribution in [0.4, 0.5) is 5.69 Å². The fourth-order valence-corrected chi connectivity index (χ4v) is 1.72. The topological polar surface area (TPSA) is 13.6 Å². The lowest BCUT2D eigenvalue weighted by Gasteiger charge is -2.07. The minimum absolute atomic E-state index is 0.623. The van der Waals surface area contributed by atoms with E-state index >= 15 is 0 Å². The van der Waals surface area contributed by atoms with Gasteiger partial charge in [0.1, 0.15) is 11.5 Å². The first-order chi connectivity index (χ1) is 8.17. The molecule has 0 radical (unpaired) electrons. The van der Waals surface area contributed by atoms with Crippen molar-refractivity contribution in [3.05, 3.63) is 65.0 Å². The molecule has 0 saturated carbocycles. The van der Waals surface area contributed by atoms with E-state index in [-0.39, 0.29) is 0 Å². The number of hydrogen-bond donors (Lipinski definition) is 0. The highest BCUT2D eigenvalue weighted by Gasteiger charge is 1.99. The standard InChI is InChI=1S/C15H13NO/c1-11-8-12(2)10-15(9-11)17-14-6-4-13(16-3)5-7-14/h4-10H,1-2H3. The molecule has 0 N–H and O–H groups in total. The Hall–Kier alpha value is -2.27. The summed E-state index contributed by atoms with van der Waals surface area (Å²) in [6, 6.07) is 13.2. The summed E-state index contributed by atoms with van der Waals surface area (Å²) in [4.78, 5) is 3.34.